The van der Waals surface area contributed by atoms with Crippen molar-refractivity contribution in [2.75, 3.05) is 10.6 Å². The molecule has 0 radical (unpaired) electrons. The Hall–Kier alpha value is -1.63. The molecule has 1 aromatic rings. The van der Waals surface area contributed by atoms with Gasteiger partial charge in [-0.05, 0) is 44.5 Å². The van der Waals surface area contributed by atoms with Gasteiger partial charge in [-0.15, -0.1) is 0 Å². The first kappa shape index (κ1) is 17.4. The summed E-state index contributed by atoms with van der Waals surface area (Å²) in [5.74, 6) is -0.858. The van der Waals surface area contributed by atoms with Gasteiger partial charge >= 0.3 is 0 Å². The second-order valence-electron chi connectivity index (χ2n) is 5.03. The largest absolute Gasteiger partial charge is 0.352 e. The van der Waals surface area contributed by atoms with Crippen LogP contribution in [0.4, 0.5) is 10.1 Å². The molecular formula is C14H21FN2O3S. The van der Waals surface area contributed by atoms with Crippen molar-refractivity contribution >= 4 is 21.6 Å². The molecule has 118 valence electrons. The highest BCUT2D eigenvalue weighted by molar-refractivity contribution is 7.92. The third kappa shape index (κ3) is 4.70. The third-order valence-electron chi connectivity index (χ3n) is 3.17. The quantitative estimate of drug-likeness (QED) is 0.871. The number of rotatable bonds is 6. The summed E-state index contributed by atoms with van der Waals surface area (Å²) >= 11 is 0. The average Bonchev–Trinajstić information content (AvgIpc) is 2.39. The number of carbonyl (C=O) groups is 1. The fourth-order valence-corrected chi connectivity index (χ4v) is 3.04. The van der Waals surface area contributed by atoms with Crippen LogP contribution in [0.3, 0.4) is 0 Å². The van der Waals surface area contributed by atoms with Crippen LogP contribution in [0.15, 0.2) is 24.3 Å². The second kappa shape index (κ2) is 6.89. The van der Waals surface area contributed by atoms with Crippen LogP contribution >= 0.6 is 0 Å². The van der Waals surface area contributed by atoms with Crippen LogP contribution in [0.5, 0.6) is 0 Å². The van der Waals surface area contributed by atoms with E-state index in [1.54, 1.807) is 0 Å². The summed E-state index contributed by atoms with van der Waals surface area (Å²) in [5.41, 5.74) is 0.255. The van der Waals surface area contributed by atoms with Gasteiger partial charge in [0, 0.05) is 6.04 Å². The highest BCUT2D eigenvalue weighted by Gasteiger charge is 2.29. The number of amides is 1. The molecule has 0 heterocycles. The number of benzene rings is 1. The van der Waals surface area contributed by atoms with Gasteiger partial charge in [-0.3, -0.25) is 9.10 Å². The fraction of sp³-hybridized carbons (Fsp3) is 0.500. The van der Waals surface area contributed by atoms with Crippen LogP contribution in [-0.4, -0.2) is 32.7 Å². The molecule has 1 aromatic carbocycles. The third-order valence-corrected chi connectivity index (χ3v) is 4.41. The zero-order valence-corrected chi connectivity index (χ0v) is 13.4. The van der Waals surface area contributed by atoms with Crippen molar-refractivity contribution in [1.82, 2.24) is 5.32 Å². The summed E-state index contributed by atoms with van der Waals surface area (Å²) in [6, 6.07) is 4.03. The van der Waals surface area contributed by atoms with Gasteiger partial charge in [-0.25, -0.2) is 12.8 Å². The minimum atomic E-state index is -3.67. The number of carbonyl (C=O) groups excluding carboxylic acids is 1. The summed E-state index contributed by atoms with van der Waals surface area (Å²) in [6.45, 7) is 5.26. The van der Waals surface area contributed by atoms with Gasteiger partial charge in [-0.1, -0.05) is 6.92 Å². The maximum atomic E-state index is 13.0. The van der Waals surface area contributed by atoms with Gasteiger partial charge in [0.15, 0.2) is 0 Å². The SMILES string of the molecule is CC[C@@H](C)NC(=O)[C@H](C)N(c1ccc(F)cc1)S(C)(=O)=O. The van der Waals surface area contributed by atoms with E-state index in [0.29, 0.717) is 0 Å². The lowest BCUT2D eigenvalue weighted by molar-refractivity contribution is -0.122. The molecule has 0 bridgehead atoms. The van der Waals surface area contributed by atoms with Gasteiger partial charge in [0.05, 0.1) is 11.9 Å². The molecule has 5 nitrogen and oxygen atoms in total. The summed E-state index contributed by atoms with van der Waals surface area (Å²) in [4.78, 5) is 12.1. The minimum absolute atomic E-state index is 0.0467. The van der Waals surface area contributed by atoms with E-state index in [0.717, 1.165) is 29.1 Å². The number of nitrogens with one attached hydrogen (secondary N) is 1. The molecule has 0 saturated heterocycles. The predicted octanol–water partition coefficient (Wildman–Crippen LogP) is 1.89. The maximum absolute atomic E-state index is 13.0. The lowest BCUT2D eigenvalue weighted by Gasteiger charge is -2.29. The van der Waals surface area contributed by atoms with E-state index in [4.69, 9.17) is 0 Å². The summed E-state index contributed by atoms with van der Waals surface area (Å²) in [6.07, 6.45) is 1.76. The first-order valence-corrected chi connectivity index (χ1v) is 8.57. The summed E-state index contributed by atoms with van der Waals surface area (Å²) in [7, 11) is -3.67. The molecule has 1 amide bonds. The highest BCUT2D eigenvalue weighted by Crippen LogP contribution is 2.21. The predicted molar refractivity (Wildman–Crippen MR) is 81.1 cm³/mol. The molecule has 1 rings (SSSR count). The Morgan fingerprint density at radius 3 is 2.24 bits per heavy atom. The van der Waals surface area contributed by atoms with Gasteiger partial charge in [0.25, 0.3) is 0 Å². The molecule has 0 aliphatic carbocycles. The fourth-order valence-electron chi connectivity index (χ4n) is 1.86. The molecule has 0 fully saturated rings. The summed E-state index contributed by atoms with van der Waals surface area (Å²) < 4.78 is 37.9. The van der Waals surface area contributed by atoms with Crippen LogP contribution < -0.4 is 9.62 Å². The van der Waals surface area contributed by atoms with Crippen LogP contribution in [0.25, 0.3) is 0 Å². The molecule has 1 N–H and O–H groups in total. The van der Waals surface area contributed by atoms with E-state index < -0.39 is 21.9 Å². The molecule has 0 aliphatic heterocycles. The van der Waals surface area contributed by atoms with Gasteiger partial charge < -0.3 is 5.32 Å². The average molecular weight is 316 g/mol. The summed E-state index contributed by atoms with van der Waals surface area (Å²) in [5, 5.41) is 2.74. The number of hydrogen-bond acceptors (Lipinski definition) is 3. The maximum Gasteiger partial charge on any atom is 0.243 e. The van der Waals surface area contributed by atoms with Crippen molar-refractivity contribution in [3.63, 3.8) is 0 Å². The molecule has 0 aromatic heterocycles. The van der Waals surface area contributed by atoms with E-state index in [2.05, 4.69) is 5.32 Å². The highest BCUT2D eigenvalue weighted by atomic mass is 32.2. The number of sulfonamides is 1. The smallest absolute Gasteiger partial charge is 0.243 e. The zero-order chi connectivity index (χ0) is 16.2. The molecular weight excluding hydrogens is 295 g/mol. The Morgan fingerprint density at radius 2 is 1.81 bits per heavy atom. The lowest BCUT2D eigenvalue weighted by atomic mass is 10.2. The Balaban J connectivity index is 3.09. The molecule has 0 spiro atoms. The molecule has 7 heteroatoms. The van der Waals surface area contributed by atoms with Gasteiger partial charge in [0.2, 0.25) is 15.9 Å². The van der Waals surface area contributed by atoms with E-state index in [9.17, 15) is 17.6 Å². The Kier molecular flexibility index (Phi) is 5.71. The van der Waals surface area contributed by atoms with Crippen LogP contribution in [0, 0.1) is 5.82 Å². The van der Waals surface area contributed by atoms with Crippen molar-refractivity contribution in [2.45, 2.75) is 39.3 Å². The van der Waals surface area contributed by atoms with Crippen molar-refractivity contribution in [1.29, 1.82) is 0 Å². The minimum Gasteiger partial charge on any atom is -0.352 e. The molecule has 0 unspecified atom stereocenters. The monoisotopic (exact) mass is 316 g/mol. The van der Waals surface area contributed by atoms with Crippen molar-refractivity contribution in [3.05, 3.63) is 30.1 Å². The number of nitrogens with zero attached hydrogens (tertiary/aromatic N) is 1. The van der Waals surface area contributed by atoms with E-state index in [-0.39, 0.29) is 17.6 Å². The van der Waals surface area contributed by atoms with Crippen molar-refractivity contribution in [2.24, 2.45) is 0 Å². The van der Waals surface area contributed by atoms with Crippen molar-refractivity contribution < 1.29 is 17.6 Å². The van der Waals surface area contributed by atoms with E-state index >= 15 is 0 Å². The van der Waals surface area contributed by atoms with Crippen molar-refractivity contribution in [3.8, 4) is 0 Å². The van der Waals surface area contributed by atoms with Crippen LogP contribution in [0.2, 0.25) is 0 Å². The Labute approximate surface area is 125 Å². The first-order chi connectivity index (χ1) is 9.66. The Bertz CT molecular complexity index is 587. The molecule has 2 atom stereocenters. The number of anilines is 1. The zero-order valence-electron chi connectivity index (χ0n) is 12.6. The Morgan fingerprint density at radius 1 is 1.29 bits per heavy atom. The second-order valence-corrected chi connectivity index (χ2v) is 6.89. The van der Waals surface area contributed by atoms with Gasteiger partial charge in [0.1, 0.15) is 11.9 Å². The number of hydrogen-bond donors (Lipinski definition) is 1. The number of halogens is 1. The van der Waals surface area contributed by atoms with E-state index in [1.807, 2.05) is 13.8 Å². The standard InChI is InChI=1S/C14H21FN2O3S/c1-5-10(2)16-14(18)11(3)17(21(4,19)20)13-8-6-12(15)7-9-13/h6-11H,5H2,1-4H3,(H,16,18)/t10-,11+/m1/s1. The first-order valence-electron chi connectivity index (χ1n) is 6.72. The molecule has 21 heavy (non-hydrogen) atoms. The molecule has 0 aliphatic rings. The normalized spacial score (nSPS) is 14.3. The lowest BCUT2D eigenvalue weighted by Crippen LogP contribution is -2.49. The van der Waals surface area contributed by atoms with Gasteiger partial charge in [-0.2, -0.15) is 0 Å². The van der Waals surface area contributed by atoms with Crippen LogP contribution in [-0.2, 0) is 14.8 Å². The van der Waals surface area contributed by atoms with E-state index in [1.165, 1.54) is 19.1 Å². The topological polar surface area (TPSA) is 66.5 Å². The molecule has 0 saturated carbocycles. The van der Waals surface area contributed by atoms with Crippen LogP contribution in [0.1, 0.15) is 27.2 Å².